The Bertz CT molecular complexity index is 1530. The molecule has 1 heterocycles. The Morgan fingerprint density at radius 3 is 2.51 bits per heavy atom. The van der Waals surface area contributed by atoms with Crippen LogP contribution in [0.2, 0.25) is 0 Å². The highest BCUT2D eigenvalue weighted by atomic mass is 16.7. The molecule has 1 aliphatic heterocycles. The normalized spacial score (nSPS) is 28.4. The standard InChI is InChI=1S/C28H33N5O10/c1-10-22(34)14(29)7-17(42-10)43-16-9-28(40,11(2)32-33-27(39)31-30)8-13-19(16)26(38)21-20(24(13)36)23(35)12-5-4-6-15(41-3)18(12)25(21)37/h4-6,10,14,16-17,22,34,36,38,40H,7-9,29-30H2,1-3H3,(H2,31,33,39)/b32-11-/t10-,14-,16-,17+,22+,28+/m1/s1. The number of aliphatic hydroxyl groups excluding tert-OH is 1. The lowest BCUT2D eigenvalue weighted by atomic mass is 9.72. The number of methoxy groups -OCH3 is 1. The summed E-state index contributed by atoms with van der Waals surface area (Å²) in [6.07, 6.45) is -4.59. The Labute approximate surface area is 245 Å². The van der Waals surface area contributed by atoms with Crippen LogP contribution >= 0.6 is 0 Å². The van der Waals surface area contributed by atoms with Crippen molar-refractivity contribution in [1.82, 2.24) is 10.9 Å². The number of urea groups is 1. The molecule has 10 N–H and O–H groups in total. The van der Waals surface area contributed by atoms with E-state index in [-0.39, 0.29) is 53.0 Å². The van der Waals surface area contributed by atoms with Crippen LogP contribution in [0.5, 0.6) is 17.2 Å². The van der Waals surface area contributed by atoms with Crippen molar-refractivity contribution in [2.75, 3.05) is 7.11 Å². The Kier molecular flexibility index (Phi) is 7.89. The SMILES string of the molecule is COc1cccc2c1C(=O)c1c(O)c3c(c(O)c1C2=O)C[C@@](O)(/C(C)=N\NC(=O)NN)C[C@H]3O[C@H]1C[C@@H](N)[C@@H](O)[C@@H](C)O1. The highest BCUT2D eigenvalue weighted by Gasteiger charge is 2.49. The van der Waals surface area contributed by atoms with Crippen molar-refractivity contribution in [2.24, 2.45) is 16.7 Å². The van der Waals surface area contributed by atoms with Gasteiger partial charge in [0, 0.05) is 42.0 Å². The van der Waals surface area contributed by atoms with E-state index >= 15 is 0 Å². The molecule has 2 aromatic carbocycles. The van der Waals surface area contributed by atoms with Gasteiger partial charge in [0.15, 0.2) is 12.1 Å². The summed E-state index contributed by atoms with van der Waals surface area (Å²) in [6, 6.07) is 2.84. The number of phenolic OH excluding ortho intramolecular Hbond substituents is 2. The summed E-state index contributed by atoms with van der Waals surface area (Å²) in [4.78, 5) is 39.1. The molecule has 2 aliphatic carbocycles. The third kappa shape index (κ3) is 4.99. The quantitative estimate of drug-likeness (QED) is 0.0634. The topological polar surface area (TPSA) is 248 Å². The molecule has 15 nitrogen and oxygen atoms in total. The van der Waals surface area contributed by atoms with E-state index in [1.165, 1.54) is 32.2 Å². The largest absolute Gasteiger partial charge is 0.507 e. The van der Waals surface area contributed by atoms with Gasteiger partial charge in [-0.3, -0.25) is 15.0 Å². The highest BCUT2D eigenvalue weighted by molar-refractivity contribution is 6.31. The first-order valence-electron chi connectivity index (χ1n) is 13.5. The number of nitrogens with zero attached hydrogens (tertiary/aromatic N) is 1. The Morgan fingerprint density at radius 1 is 1.16 bits per heavy atom. The van der Waals surface area contributed by atoms with E-state index in [2.05, 4.69) is 10.5 Å². The molecule has 0 unspecified atom stereocenters. The van der Waals surface area contributed by atoms with Crippen molar-refractivity contribution in [3.8, 4) is 17.2 Å². The molecule has 43 heavy (non-hydrogen) atoms. The van der Waals surface area contributed by atoms with Crippen molar-refractivity contribution < 1.29 is 49.0 Å². The molecule has 6 atom stereocenters. The molecule has 230 valence electrons. The number of nitrogens with two attached hydrogens (primary N) is 2. The van der Waals surface area contributed by atoms with Crippen molar-refractivity contribution >= 4 is 23.3 Å². The lowest BCUT2D eigenvalue weighted by Crippen LogP contribution is -2.52. The minimum atomic E-state index is -1.90. The molecule has 2 aromatic rings. The average molecular weight is 600 g/mol. The lowest BCUT2D eigenvalue weighted by molar-refractivity contribution is -0.245. The van der Waals surface area contributed by atoms with Gasteiger partial charge in [-0.1, -0.05) is 12.1 Å². The number of benzene rings is 2. The summed E-state index contributed by atoms with van der Waals surface area (Å²) < 4.78 is 17.3. The number of phenols is 2. The molecule has 1 fully saturated rings. The summed E-state index contributed by atoms with van der Waals surface area (Å²) in [6.45, 7) is 3.02. The maximum absolute atomic E-state index is 13.8. The molecule has 0 spiro atoms. The number of hydrogen-bond donors (Lipinski definition) is 8. The molecular formula is C28H33N5O10. The first-order chi connectivity index (χ1) is 20.3. The van der Waals surface area contributed by atoms with Crippen LogP contribution in [0.3, 0.4) is 0 Å². The molecule has 5 rings (SSSR count). The number of rotatable bonds is 5. The van der Waals surface area contributed by atoms with Crippen molar-refractivity contribution in [3.05, 3.63) is 51.6 Å². The molecule has 15 heteroatoms. The number of nitrogens with one attached hydrogen (secondary N) is 2. The van der Waals surface area contributed by atoms with Gasteiger partial charge in [0.2, 0.25) is 5.78 Å². The van der Waals surface area contributed by atoms with E-state index < -0.39 is 76.5 Å². The number of hydrazone groups is 1. The number of carbonyl (C=O) groups excluding carboxylic acids is 3. The van der Waals surface area contributed by atoms with Crippen LogP contribution in [0.4, 0.5) is 4.79 Å². The van der Waals surface area contributed by atoms with Crippen LogP contribution < -0.4 is 27.2 Å². The molecule has 2 amide bonds. The first-order valence-corrected chi connectivity index (χ1v) is 13.5. The zero-order valence-corrected chi connectivity index (χ0v) is 23.6. The van der Waals surface area contributed by atoms with Gasteiger partial charge in [-0.05, 0) is 19.9 Å². The second-order valence-electron chi connectivity index (χ2n) is 10.9. The molecule has 1 saturated heterocycles. The van der Waals surface area contributed by atoms with E-state index in [0.717, 1.165) is 0 Å². The number of fused-ring (bicyclic) bond motifs is 3. The summed E-state index contributed by atoms with van der Waals surface area (Å²) in [5, 5.41) is 49.1. The number of aliphatic hydroxyl groups is 2. The maximum atomic E-state index is 13.8. The number of ketones is 2. The highest BCUT2D eigenvalue weighted by Crippen LogP contribution is 2.52. The first kappa shape index (κ1) is 30.3. The van der Waals surface area contributed by atoms with Gasteiger partial charge in [-0.25, -0.2) is 16.1 Å². The summed E-state index contributed by atoms with van der Waals surface area (Å²) in [5.41, 5.74) is 7.02. The fraction of sp³-hybridized carbons (Fsp3) is 0.429. The number of hydrogen-bond acceptors (Lipinski definition) is 13. The van der Waals surface area contributed by atoms with E-state index in [1.54, 1.807) is 6.92 Å². The third-order valence-corrected chi connectivity index (χ3v) is 8.27. The predicted molar refractivity (Wildman–Crippen MR) is 149 cm³/mol. The van der Waals surface area contributed by atoms with Crippen molar-refractivity contribution in [1.29, 1.82) is 0 Å². The second kappa shape index (κ2) is 11.2. The number of carbonyl (C=O) groups is 3. The van der Waals surface area contributed by atoms with Gasteiger partial charge in [-0.2, -0.15) is 5.10 Å². The van der Waals surface area contributed by atoms with Gasteiger partial charge < -0.3 is 40.4 Å². The minimum Gasteiger partial charge on any atom is -0.507 e. The van der Waals surface area contributed by atoms with E-state index in [1.807, 2.05) is 5.43 Å². The van der Waals surface area contributed by atoms with E-state index in [9.17, 15) is 34.8 Å². The summed E-state index contributed by atoms with van der Waals surface area (Å²) in [7, 11) is 1.33. The Hall–Kier alpha value is -4.12. The second-order valence-corrected chi connectivity index (χ2v) is 10.9. The van der Waals surface area contributed by atoms with Gasteiger partial charge in [0.25, 0.3) is 0 Å². The molecular weight excluding hydrogens is 566 g/mol. The van der Waals surface area contributed by atoms with Crippen LogP contribution in [0.25, 0.3) is 0 Å². The van der Waals surface area contributed by atoms with Gasteiger partial charge in [0.05, 0.1) is 47.8 Å². The van der Waals surface area contributed by atoms with Crippen LogP contribution in [-0.2, 0) is 15.9 Å². The Morgan fingerprint density at radius 2 is 1.86 bits per heavy atom. The van der Waals surface area contributed by atoms with Crippen LogP contribution in [0.1, 0.15) is 75.8 Å². The summed E-state index contributed by atoms with van der Waals surface area (Å²) >= 11 is 0. The van der Waals surface area contributed by atoms with Crippen LogP contribution in [-0.4, -0.2) is 81.0 Å². The molecule has 0 aromatic heterocycles. The van der Waals surface area contributed by atoms with E-state index in [0.29, 0.717) is 0 Å². The Balaban J connectivity index is 1.67. The fourth-order valence-electron chi connectivity index (χ4n) is 5.94. The zero-order valence-electron chi connectivity index (χ0n) is 23.6. The molecule has 0 radical (unpaired) electrons. The molecule has 3 aliphatic rings. The van der Waals surface area contributed by atoms with Crippen LogP contribution in [0, 0.1) is 0 Å². The fourth-order valence-corrected chi connectivity index (χ4v) is 5.94. The summed E-state index contributed by atoms with van der Waals surface area (Å²) in [5.74, 6) is 2.46. The minimum absolute atomic E-state index is 0.0190. The molecule has 0 bridgehead atoms. The van der Waals surface area contributed by atoms with Gasteiger partial charge >= 0.3 is 6.03 Å². The van der Waals surface area contributed by atoms with Gasteiger partial charge in [-0.15, -0.1) is 0 Å². The number of amides is 2. The monoisotopic (exact) mass is 599 g/mol. The van der Waals surface area contributed by atoms with Gasteiger partial charge in [0.1, 0.15) is 22.8 Å². The number of ether oxygens (including phenoxy) is 3. The number of hydrazine groups is 1. The molecule has 0 saturated carbocycles. The van der Waals surface area contributed by atoms with Crippen molar-refractivity contribution in [3.63, 3.8) is 0 Å². The van der Waals surface area contributed by atoms with Crippen molar-refractivity contribution in [2.45, 2.75) is 69.4 Å². The van der Waals surface area contributed by atoms with E-state index in [4.69, 9.17) is 25.8 Å². The zero-order chi connectivity index (χ0) is 31.4. The maximum Gasteiger partial charge on any atom is 0.349 e. The predicted octanol–water partition coefficient (Wildman–Crippen LogP) is -0.0113. The van der Waals surface area contributed by atoms with Crippen LogP contribution in [0.15, 0.2) is 23.3 Å². The lowest BCUT2D eigenvalue weighted by Gasteiger charge is -2.42. The number of aromatic hydroxyl groups is 2. The average Bonchev–Trinajstić information content (AvgIpc) is 2.98. The third-order valence-electron chi connectivity index (χ3n) is 8.27. The smallest absolute Gasteiger partial charge is 0.349 e.